The van der Waals surface area contributed by atoms with Crippen LogP contribution in [0.3, 0.4) is 0 Å². The highest BCUT2D eigenvalue weighted by atomic mass is 32.1. The van der Waals surface area contributed by atoms with Gasteiger partial charge in [0.05, 0.1) is 0 Å². The van der Waals surface area contributed by atoms with E-state index in [0.29, 0.717) is 12.4 Å². The Bertz CT molecular complexity index is 605. The second-order valence-corrected chi connectivity index (χ2v) is 3.89. The zero-order chi connectivity index (χ0) is 12.3. The van der Waals surface area contributed by atoms with E-state index in [4.69, 9.17) is 12.2 Å². The third-order valence-electron chi connectivity index (χ3n) is 2.22. The molecule has 2 aromatic rings. The summed E-state index contributed by atoms with van der Waals surface area (Å²) in [5, 5.41) is 12.5. The normalized spacial score (nSPS) is 10.1. The molecule has 0 atom stereocenters. The van der Waals surface area contributed by atoms with Gasteiger partial charge in [0.25, 0.3) is 5.56 Å². The predicted molar refractivity (Wildman–Crippen MR) is 67.7 cm³/mol. The molecule has 1 heterocycles. The van der Waals surface area contributed by atoms with Crippen LogP contribution in [0.5, 0.6) is 5.75 Å². The number of nitrogens with one attached hydrogen (secondary N) is 3. The molecule has 0 amide bonds. The minimum atomic E-state index is -0.270. The van der Waals surface area contributed by atoms with Crippen molar-refractivity contribution in [2.24, 2.45) is 0 Å². The summed E-state index contributed by atoms with van der Waals surface area (Å²) in [5.41, 5.74) is 0.473. The summed E-state index contributed by atoms with van der Waals surface area (Å²) in [4.78, 5) is 16.4. The Morgan fingerprint density at radius 1 is 1.29 bits per heavy atom. The number of phenolic OH excluding ortho intramolecular Hbond substituents is 1. The number of aromatic hydroxyl groups is 1. The molecule has 2 rings (SSSR count). The van der Waals surface area contributed by atoms with E-state index < -0.39 is 0 Å². The number of rotatable bonds is 3. The number of aromatic amines is 2. The third-order valence-corrected chi connectivity index (χ3v) is 2.43. The van der Waals surface area contributed by atoms with E-state index >= 15 is 0 Å². The molecular weight excluding hydrogens is 238 g/mol. The molecule has 0 radical (unpaired) electrons. The average molecular weight is 249 g/mol. The van der Waals surface area contributed by atoms with Crippen molar-refractivity contribution in [1.82, 2.24) is 9.97 Å². The van der Waals surface area contributed by atoms with Crippen molar-refractivity contribution >= 4 is 18.0 Å². The SMILES string of the molecule is O=c1cc(NCc2ccccc2O)[nH]c(=S)[nH]1. The maximum Gasteiger partial charge on any atom is 0.253 e. The summed E-state index contributed by atoms with van der Waals surface area (Å²) < 4.78 is 0.261. The molecule has 1 aromatic heterocycles. The fourth-order valence-electron chi connectivity index (χ4n) is 1.41. The number of para-hydroxylation sites is 1. The van der Waals surface area contributed by atoms with Gasteiger partial charge in [-0.05, 0) is 18.3 Å². The summed E-state index contributed by atoms with van der Waals surface area (Å²) in [6.45, 7) is 0.404. The second-order valence-electron chi connectivity index (χ2n) is 3.48. The minimum Gasteiger partial charge on any atom is -0.508 e. The minimum absolute atomic E-state index is 0.212. The molecule has 4 N–H and O–H groups in total. The van der Waals surface area contributed by atoms with Crippen LogP contribution in [0.1, 0.15) is 5.56 Å². The molecular formula is C11H11N3O2S. The molecule has 17 heavy (non-hydrogen) atoms. The Morgan fingerprint density at radius 3 is 2.76 bits per heavy atom. The van der Waals surface area contributed by atoms with Crippen LogP contribution in [0.4, 0.5) is 5.82 Å². The Labute approximate surface area is 102 Å². The first kappa shape index (κ1) is 11.4. The van der Waals surface area contributed by atoms with Crippen LogP contribution in [0.25, 0.3) is 0 Å². The lowest BCUT2D eigenvalue weighted by molar-refractivity contribution is 0.469. The van der Waals surface area contributed by atoms with Gasteiger partial charge in [-0.2, -0.15) is 0 Å². The molecule has 0 unspecified atom stereocenters. The molecule has 0 fully saturated rings. The fraction of sp³-hybridized carbons (Fsp3) is 0.0909. The quantitative estimate of drug-likeness (QED) is 0.625. The van der Waals surface area contributed by atoms with Gasteiger partial charge in [0.15, 0.2) is 4.77 Å². The van der Waals surface area contributed by atoms with Crippen LogP contribution in [0.15, 0.2) is 35.1 Å². The highest BCUT2D eigenvalue weighted by Gasteiger charge is 2.00. The van der Waals surface area contributed by atoms with Crippen molar-refractivity contribution < 1.29 is 5.11 Å². The Balaban J connectivity index is 2.15. The molecule has 0 aliphatic rings. The first-order chi connectivity index (χ1) is 8.15. The Hall–Kier alpha value is -2.08. The van der Waals surface area contributed by atoms with Crippen LogP contribution in [0, 0.1) is 4.77 Å². The highest BCUT2D eigenvalue weighted by Crippen LogP contribution is 2.16. The lowest BCUT2D eigenvalue weighted by Crippen LogP contribution is -2.10. The molecule has 88 valence electrons. The van der Waals surface area contributed by atoms with Gasteiger partial charge >= 0.3 is 0 Å². The van der Waals surface area contributed by atoms with E-state index in [1.54, 1.807) is 18.2 Å². The van der Waals surface area contributed by atoms with Gasteiger partial charge in [0, 0.05) is 18.2 Å². The Kier molecular flexibility index (Phi) is 3.24. The largest absolute Gasteiger partial charge is 0.508 e. The maximum absolute atomic E-state index is 11.2. The summed E-state index contributed by atoms with van der Waals surface area (Å²) >= 11 is 4.84. The topological polar surface area (TPSA) is 80.9 Å². The number of hydrogen-bond acceptors (Lipinski definition) is 4. The van der Waals surface area contributed by atoms with Crippen molar-refractivity contribution in [3.63, 3.8) is 0 Å². The molecule has 0 saturated carbocycles. The molecule has 0 aliphatic heterocycles. The van der Waals surface area contributed by atoms with E-state index in [2.05, 4.69) is 15.3 Å². The maximum atomic E-state index is 11.2. The molecule has 0 saturated heterocycles. The zero-order valence-electron chi connectivity index (χ0n) is 8.86. The first-order valence-electron chi connectivity index (χ1n) is 4.99. The van der Waals surface area contributed by atoms with E-state index in [-0.39, 0.29) is 16.1 Å². The molecule has 1 aromatic carbocycles. The van der Waals surface area contributed by atoms with Crippen LogP contribution < -0.4 is 10.9 Å². The van der Waals surface area contributed by atoms with Crippen molar-refractivity contribution in [2.75, 3.05) is 5.32 Å². The number of benzene rings is 1. The summed E-state index contributed by atoms with van der Waals surface area (Å²) in [5.74, 6) is 0.727. The third kappa shape index (κ3) is 2.94. The molecule has 5 nitrogen and oxygen atoms in total. The van der Waals surface area contributed by atoms with Gasteiger partial charge in [-0.3, -0.25) is 9.78 Å². The fourth-order valence-corrected chi connectivity index (χ4v) is 1.63. The lowest BCUT2D eigenvalue weighted by Gasteiger charge is -2.07. The van der Waals surface area contributed by atoms with E-state index in [0.717, 1.165) is 5.56 Å². The number of aromatic nitrogens is 2. The van der Waals surface area contributed by atoms with Gasteiger partial charge in [-0.1, -0.05) is 18.2 Å². The molecule has 0 aliphatic carbocycles. The molecule has 0 bridgehead atoms. The predicted octanol–water partition coefficient (Wildman–Crippen LogP) is 1.75. The highest BCUT2D eigenvalue weighted by molar-refractivity contribution is 7.71. The van der Waals surface area contributed by atoms with Crippen LogP contribution in [0.2, 0.25) is 0 Å². The smallest absolute Gasteiger partial charge is 0.253 e. The summed E-state index contributed by atoms with van der Waals surface area (Å²) in [7, 11) is 0. The second kappa shape index (κ2) is 4.84. The van der Waals surface area contributed by atoms with Gasteiger partial charge < -0.3 is 15.4 Å². The van der Waals surface area contributed by atoms with Crippen LogP contribution in [-0.4, -0.2) is 15.1 Å². The van der Waals surface area contributed by atoms with E-state index in [9.17, 15) is 9.90 Å². The van der Waals surface area contributed by atoms with Crippen molar-refractivity contribution in [2.45, 2.75) is 6.54 Å². The standard InChI is InChI=1S/C11H11N3O2S/c15-8-4-2-1-3-7(8)6-12-9-5-10(16)14-11(17)13-9/h1-5,15H,6H2,(H3,12,13,14,16,17). The van der Waals surface area contributed by atoms with Gasteiger partial charge in [-0.15, -0.1) is 0 Å². The monoisotopic (exact) mass is 249 g/mol. The van der Waals surface area contributed by atoms with Crippen molar-refractivity contribution in [1.29, 1.82) is 0 Å². The van der Waals surface area contributed by atoms with Crippen molar-refractivity contribution in [3.05, 3.63) is 51.0 Å². The first-order valence-corrected chi connectivity index (χ1v) is 5.40. The van der Waals surface area contributed by atoms with Crippen LogP contribution >= 0.6 is 12.2 Å². The van der Waals surface area contributed by atoms with Crippen LogP contribution in [-0.2, 0) is 6.54 Å². The number of phenols is 1. The summed E-state index contributed by atoms with van der Waals surface area (Å²) in [6, 6.07) is 8.35. The van der Waals surface area contributed by atoms with E-state index in [1.165, 1.54) is 6.07 Å². The lowest BCUT2D eigenvalue weighted by atomic mass is 10.2. The zero-order valence-corrected chi connectivity index (χ0v) is 9.67. The van der Waals surface area contributed by atoms with Gasteiger partial charge in [0.2, 0.25) is 0 Å². The summed E-state index contributed by atoms with van der Waals surface area (Å²) in [6.07, 6.45) is 0. The molecule has 0 spiro atoms. The number of hydrogen-bond donors (Lipinski definition) is 4. The number of H-pyrrole nitrogens is 2. The number of anilines is 1. The van der Waals surface area contributed by atoms with Gasteiger partial charge in [-0.25, -0.2) is 0 Å². The molecule has 6 heteroatoms. The average Bonchev–Trinajstić information content (AvgIpc) is 2.27. The van der Waals surface area contributed by atoms with E-state index in [1.807, 2.05) is 6.07 Å². The Morgan fingerprint density at radius 2 is 2.06 bits per heavy atom. The van der Waals surface area contributed by atoms with Gasteiger partial charge in [0.1, 0.15) is 11.6 Å². The van der Waals surface area contributed by atoms with Crippen molar-refractivity contribution in [3.8, 4) is 5.75 Å².